The van der Waals surface area contributed by atoms with E-state index in [0.29, 0.717) is 0 Å². The highest BCUT2D eigenvalue weighted by atomic mass is 19.4. The molecule has 0 aliphatic carbocycles. The summed E-state index contributed by atoms with van der Waals surface area (Å²) in [4.78, 5) is 0. The standard InChI is InChI=1S/C8H13F3O/c1-4-7(8(9,10)11)5(2)6(3)12/h4-7,12H,1H2,2-3H3/t5-,6+,7?/m1/s1. The third-order valence-corrected chi connectivity index (χ3v) is 1.96. The molecule has 0 saturated carbocycles. The molecule has 4 heteroatoms. The van der Waals surface area contributed by atoms with E-state index < -0.39 is 24.1 Å². The molecule has 12 heavy (non-hydrogen) atoms. The van der Waals surface area contributed by atoms with Gasteiger partial charge in [0, 0.05) is 0 Å². The third-order valence-electron chi connectivity index (χ3n) is 1.96. The second-order valence-electron chi connectivity index (χ2n) is 2.90. The molecule has 0 bridgehead atoms. The van der Waals surface area contributed by atoms with Crippen molar-refractivity contribution in [2.45, 2.75) is 26.1 Å². The molecule has 0 aromatic rings. The van der Waals surface area contributed by atoms with Gasteiger partial charge < -0.3 is 5.11 Å². The lowest BCUT2D eigenvalue weighted by Crippen LogP contribution is -2.32. The van der Waals surface area contributed by atoms with Gasteiger partial charge in [0.2, 0.25) is 0 Å². The number of allylic oxidation sites excluding steroid dienone is 1. The summed E-state index contributed by atoms with van der Waals surface area (Å²) in [5, 5.41) is 8.94. The van der Waals surface area contributed by atoms with Crippen LogP contribution in [0.4, 0.5) is 13.2 Å². The number of hydrogen-bond donors (Lipinski definition) is 1. The van der Waals surface area contributed by atoms with Gasteiger partial charge in [-0.2, -0.15) is 13.2 Å². The number of aliphatic hydroxyl groups excluding tert-OH is 1. The second kappa shape index (κ2) is 3.94. The second-order valence-corrected chi connectivity index (χ2v) is 2.90. The minimum absolute atomic E-state index is 0.831. The van der Waals surface area contributed by atoms with Crippen molar-refractivity contribution in [1.29, 1.82) is 0 Å². The Kier molecular flexibility index (Phi) is 3.77. The Morgan fingerprint density at radius 1 is 1.33 bits per heavy atom. The Morgan fingerprint density at radius 2 is 1.75 bits per heavy atom. The first-order chi connectivity index (χ1) is 5.30. The molecule has 0 fully saturated rings. The number of aliphatic hydroxyl groups is 1. The first kappa shape index (κ1) is 11.5. The van der Waals surface area contributed by atoms with Crippen LogP contribution in [-0.2, 0) is 0 Å². The van der Waals surface area contributed by atoms with Gasteiger partial charge in [-0.25, -0.2) is 0 Å². The lowest BCUT2D eigenvalue weighted by atomic mass is 9.89. The molecule has 0 amide bonds. The van der Waals surface area contributed by atoms with Crippen LogP contribution in [-0.4, -0.2) is 17.4 Å². The Hall–Kier alpha value is -0.510. The molecule has 0 radical (unpaired) electrons. The zero-order chi connectivity index (χ0) is 9.94. The van der Waals surface area contributed by atoms with Crippen molar-refractivity contribution in [2.24, 2.45) is 11.8 Å². The zero-order valence-corrected chi connectivity index (χ0v) is 7.10. The summed E-state index contributed by atoms with van der Waals surface area (Å²) in [5.74, 6) is -2.47. The highest BCUT2D eigenvalue weighted by Crippen LogP contribution is 2.34. The maximum absolute atomic E-state index is 12.1. The van der Waals surface area contributed by atoms with Gasteiger partial charge in [0.05, 0.1) is 12.0 Å². The average Bonchev–Trinajstić information content (AvgIpc) is 1.85. The molecule has 0 spiro atoms. The van der Waals surface area contributed by atoms with Gasteiger partial charge in [0.15, 0.2) is 0 Å². The SMILES string of the molecule is C=CC([C@H](C)[C@H](C)O)C(F)(F)F. The van der Waals surface area contributed by atoms with Gasteiger partial charge in [0.1, 0.15) is 0 Å². The van der Waals surface area contributed by atoms with Crippen molar-refractivity contribution in [2.75, 3.05) is 0 Å². The van der Waals surface area contributed by atoms with Gasteiger partial charge in [-0.15, -0.1) is 6.58 Å². The van der Waals surface area contributed by atoms with E-state index in [-0.39, 0.29) is 0 Å². The largest absolute Gasteiger partial charge is 0.395 e. The van der Waals surface area contributed by atoms with E-state index in [2.05, 4.69) is 6.58 Å². The fourth-order valence-corrected chi connectivity index (χ4v) is 0.946. The van der Waals surface area contributed by atoms with E-state index in [1.54, 1.807) is 0 Å². The van der Waals surface area contributed by atoms with Crippen molar-refractivity contribution in [1.82, 2.24) is 0 Å². The molecule has 3 atom stereocenters. The molecule has 1 N–H and O–H groups in total. The van der Waals surface area contributed by atoms with Crippen molar-refractivity contribution in [3.63, 3.8) is 0 Å². The maximum atomic E-state index is 12.1. The van der Waals surface area contributed by atoms with Crippen molar-refractivity contribution >= 4 is 0 Å². The van der Waals surface area contributed by atoms with Gasteiger partial charge in [0.25, 0.3) is 0 Å². The van der Waals surface area contributed by atoms with Gasteiger partial charge in [-0.05, 0) is 12.8 Å². The Labute approximate surface area is 69.9 Å². The van der Waals surface area contributed by atoms with Crippen LogP contribution in [0.25, 0.3) is 0 Å². The van der Waals surface area contributed by atoms with E-state index >= 15 is 0 Å². The van der Waals surface area contributed by atoms with E-state index in [0.717, 1.165) is 6.08 Å². The number of halogens is 3. The van der Waals surface area contributed by atoms with Crippen LogP contribution >= 0.6 is 0 Å². The maximum Gasteiger partial charge on any atom is 0.395 e. The fourth-order valence-electron chi connectivity index (χ4n) is 0.946. The minimum atomic E-state index is -4.31. The van der Waals surface area contributed by atoms with Crippen LogP contribution in [0.2, 0.25) is 0 Å². The molecule has 0 aromatic heterocycles. The summed E-state index contributed by atoms with van der Waals surface area (Å²) in [5.41, 5.74) is 0. The molecule has 1 nitrogen and oxygen atoms in total. The molecule has 0 heterocycles. The Balaban J connectivity index is 4.45. The number of alkyl halides is 3. The molecule has 72 valence electrons. The Bertz CT molecular complexity index is 151. The first-order valence-corrected chi connectivity index (χ1v) is 3.68. The van der Waals surface area contributed by atoms with Crippen LogP contribution in [0.5, 0.6) is 0 Å². The van der Waals surface area contributed by atoms with Crippen LogP contribution in [0.15, 0.2) is 12.7 Å². The highest BCUT2D eigenvalue weighted by molar-refractivity contribution is 4.89. The van der Waals surface area contributed by atoms with E-state index in [9.17, 15) is 13.2 Å². The molecule has 0 aliphatic rings. The molecule has 0 aromatic carbocycles. The van der Waals surface area contributed by atoms with E-state index in [1.165, 1.54) is 13.8 Å². The Morgan fingerprint density at radius 3 is 1.83 bits per heavy atom. The van der Waals surface area contributed by atoms with Gasteiger partial charge in [-0.3, -0.25) is 0 Å². The molecule has 0 saturated heterocycles. The summed E-state index contributed by atoms with van der Waals surface area (Å²) in [6.45, 7) is 5.79. The molecule has 0 aliphatic heterocycles. The zero-order valence-electron chi connectivity index (χ0n) is 7.10. The van der Waals surface area contributed by atoms with E-state index in [1.807, 2.05) is 0 Å². The van der Waals surface area contributed by atoms with Crippen LogP contribution in [0, 0.1) is 11.8 Å². The topological polar surface area (TPSA) is 20.2 Å². The average molecular weight is 182 g/mol. The number of hydrogen-bond acceptors (Lipinski definition) is 1. The summed E-state index contributed by atoms with van der Waals surface area (Å²) < 4.78 is 36.4. The summed E-state index contributed by atoms with van der Waals surface area (Å²) in [6.07, 6.45) is -4.45. The van der Waals surface area contributed by atoms with Gasteiger partial charge >= 0.3 is 6.18 Å². The predicted molar refractivity (Wildman–Crippen MR) is 40.6 cm³/mol. The summed E-state index contributed by atoms with van der Waals surface area (Å²) in [7, 11) is 0. The van der Waals surface area contributed by atoms with Gasteiger partial charge in [-0.1, -0.05) is 13.0 Å². The minimum Gasteiger partial charge on any atom is -0.393 e. The van der Waals surface area contributed by atoms with Crippen molar-refractivity contribution < 1.29 is 18.3 Å². The predicted octanol–water partition coefficient (Wildman–Crippen LogP) is 2.37. The monoisotopic (exact) mass is 182 g/mol. The van der Waals surface area contributed by atoms with Crippen molar-refractivity contribution in [3.05, 3.63) is 12.7 Å². The lowest BCUT2D eigenvalue weighted by Gasteiger charge is -2.25. The fraction of sp³-hybridized carbons (Fsp3) is 0.750. The first-order valence-electron chi connectivity index (χ1n) is 3.68. The smallest absolute Gasteiger partial charge is 0.393 e. The molecule has 1 unspecified atom stereocenters. The lowest BCUT2D eigenvalue weighted by molar-refractivity contribution is -0.180. The quantitative estimate of drug-likeness (QED) is 0.664. The molecule has 0 rings (SSSR count). The normalized spacial score (nSPS) is 19.8. The molecular formula is C8H13F3O. The number of rotatable bonds is 3. The van der Waals surface area contributed by atoms with Crippen LogP contribution < -0.4 is 0 Å². The van der Waals surface area contributed by atoms with E-state index in [4.69, 9.17) is 5.11 Å². The summed E-state index contributed by atoms with van der Waals surface area (Å²) >= 11 is 0. The highest BCUT2D eigenvalue weighted by Gasteiger charge is 2.42. The van der Waals surface area contributed by atoms with Crippen LogP contribution in [0.3, 0.4) is 0 Å². The van der Waals surface area contributed by atoms with Crippen molar-refractivity contribution in [3.8, 4) is 0 Å². The third kappa shape index (κ3) is 2.85. The molecular weight excluding hydrogens is 169 g/mol. The van der Waals surface area contributed by atoms with Crippen LogP contribution in [0.1, 0.15) is 13.8 Å². The summed E-state index contributed by atoms with van der Waals surface area (Å²) in [6, 6.07) is 0.